The molecular formula is C29H32FNO3. The number of ether oxygens (including phenoxy) is 2. The zero-order valence-electron chi connectivity index (χ0n) is 19.9. The minimum atomic E-state index is -0.445. The molecule has 178 valence electrons. The summed E-state index contributed by atoms with van der Waals surface area (Å²) >= 11 is 0. The van der Waals surface area contributed by atoms with Crippen LogP contribution in [0.2, 0.25) is 0 Å². The predicted octanol–water partition coefficient (Wildman–Crippen LogP) is 6.19. The molecule has 0 radical (unpaired) electrons. The van der Waals surface area contributed by atoms with Crippen LogP contribution in [0.3, 0.4) is 0 Å². The number of pyridine rings is 1. The molecule has 2 aliphatic carbocycles. The van der Waals surface area contributed by atoms with Gasteiger partial charge < -0.3 is 14.6 Å². The van der Waals surface area contributed by atoms with Crippen molar-refractivity contribution < 1.29 is 19.0 Å². The number of rotatable bonds is 9. The Hall–Kier alpha value is -2.92. The van der Waals surface area contributed by atoms with Gasteiger partial charge >= 0.3 is 0 Å². The molecule has 4 nitrogen and oxygen atoms in total. The third-order valence-corrected chi connectivity index (χ3v) is 6.99. The van der Waals surface area contributed by atoms with Gasteiger partial charge in [0.05, 0.1) is 12.2 Å². The largest absolute Gasteiger partial charge is 0.489 e. The first-order valence-corrected chi connectivity index (χ1v) is 12.2. The van der Waals surface area contributed by atoms with Crippen molar-refractivity contribution in [3.63, 3.8) is 0 Å². The number of halogens is 1. The van der Waals surface area contributed by atoms with E-state index in [0.717, 1.165) is 61.1 Å². The molecule has 1 N–H and O–H groups in total. The Kier molecular flexibility index (Phi) is 6.30. The molecule has 5 rings (SSSR count). The van der Waals surface area contributed by atoms with Crippen LogP contribution in [0.15, 0.2) is 48.5 Å². The standard InChI is InChI=1S/C29H32FNO3/c1-19-14-21-4-6-25(17-23(21)15-19)34-18-24-16-22(5-8-27(24)30)26-7-9-28(31-20(26)2)33-13-3-10-29(32)11-12-29/h4-9,16-17,19,32H,3,10-15,18H2,1-2H3. The van der Waals surface area contributed by atoms with Gasteiger partial charge in [-0.15, -0.1) is 0 Å². The molecule has 1 fully saturated rings. The summed E-state index contributed by atoms with van der Waals surface area (Å²) in [6.45, 7) is 4.90. The molecule has 0 spiro atoms. The first-order valence-electron chi connectivity index (χ1n) is 12.2. The average Bonchev–Trinajstić information content (AvgIpc) is 3.43. The molecule has 2 aromatic carbocycles. The molecule has 3 aromatic rings. The molecule has 0 bridgehead atoms. The molecule has 34 heavy (non-hydrogen) atoms. The second-order valence-electron chi connectivity index (χ2n) is 10.00. The molecule has 5 heteroatoms. The van der Waals surface area contributed by atoms with E-state index in [0.29, 0.717) is 24.0 Å². The van der Waals surface area contributed by atoms with Gasteiger partial charge in [0, 0.05) is 22.9 Å². The van der Waals surface area contributed by atoms with Gasteiger partial charge in [0.25, 0.3) is 0 Å². The van der Waals surface area contributed by atoms with E-state index < -0.39 is 5.60 Å². The van der Waals surface area contributed by atoms with Crippen LogP contribution in [-0.4, -0.2) is 22.3 Å². The van der Waals surface area contributed by atoms with E-state index >= 15 is 0 Å². The normalized spacial score (nSPS) is 17.9. The number of hydrogen-bond acceptors (Lipinski definition) is 4. The van der Waals surface area contributed by atoms with Gasteiger partial charge in [0.15, 0.2) is 0 Å². The minimum absolute atomic E-state index is 0.175. The fourth-order valence-corrected chi connectivity index (χ4v) is 4.81. The Morgan fingerprint density at radius 1 is 1.03 bits per heavy atom. The lowest BCUT2D eigenvalue weighted by Crippen LogP contribution is -2.09. The van der Waals surface area contributed by atoms with Crippen molar-refractivity contribution in [3.05, 3.63) is 76.7 Å². The highest BCUT2D eigenvalue weighted by Crippen LogP contribution is 2.39. The number of nitrogens with zero attached hydrogens (tertiary/aromatic N) is 1. The number of aliphatic hydroxyl groups is 1. The van der Waals surface area contributed by atoms with Crippen molar-refractivity contribution in [2.24, 2.45) is 5.92 Å². The fourth-order valence-electron chi connectivity index (χ4n) is 4.81. The van der Waals surface area contributed by atoms with Crippen molar-refractivity contribution in [1.82, 2.24) is 4.98 Å². The lowest BCUT2D eigenvalue weighted by molar-refractivity contribution is 0.129. The lowest BCUT2D eigenvalue weighted by atomic mass is 10.0. The summed E-state index contributed by atoms with van der Waals surface area (Å²) in [5.74, 6) is 1.75. The molecule has 1 saturated carbocycles. The molecule has 2 aliphatic rings. The maximum Gasteiger partial charge on any atom is 0.213 e. The van der Waals surface area contributed by atoms with Gasteiger partial charge in [0.2, 0.25) is 5.88 Å². The van der Waals surface area contributed by atoms with Gasteiger partial charge in [-0.2, -0.15) is 0 Å². The van der Waals surface area contributed by atoms with Gasteiger partial charge in [0.1, 0.15) is 18.2 Å². The quantitative estimate of drug-likeness (QED) is 0.386. The number of benzene rings is 2. The van der Waals surface area contributed by atoms with Crippen LogP contribution in [0.1, 0.15) is 55.0 Å². The highest BCUT2D eigenvalue weighted by atomic mass is 19.1. The third-order valence-electron chi connectivity index (χ3n) is 6.99. The van der Waals surface area contributed by atoms with E-state index in [-0.39, 0.29) is 12.4 Å². The monoisotopic (exact) mass is 461 g/mol. The van der Waals surface area contributed by atoms with Crippen molar-refractivity contribution in [3.8, 4) is 22.8 Å². The average molecular weight is 462 g/mol. The molecule has 0 saturated heterocycles. The Morgan fingerprint density at radius 3 is 2.65 bits per heavy atom. The molecule has 1 aromatic heterocycles. The maximum absolute atomic E-state index is 14.6. The van der Waals surface area contributed by atoms with Crippen LogP contribution >= 0.6 is 0 Å². The Balaban J connectivity index is 1.23. The van der Waals surface area contributed by atoms with Gasteiger partial charge in [-0.3, -0.25) is 0 Å². The maximum atomic E-state index is 14.6. The topological polar surface area (TPSA) is 51.6 Å². The molecular weight excluding hydrogens is 429 g/mol. The van der Waals surface area contributed by atoms with Gasteiger partial charge in [-0.25, -0.2) is 9.37 Å². The van der Waals surface area contributed by atoms with E-state index in [9.17, 15) is 9.50 Å². The number of fused-ring (bicyclic) bond motifs is 1. The highest BCUT2D eigenvalue weighted by molar-refractivity contribution is 5.67. The molecule has 1 heterocycles. The van der Waals surface area contributed by atoms with Crippen LogP contribution in [0.5, 0.6) is 11.6 Å². The van der Waals surface area contributed by atoms with E-state index in [1.54, 1.807) is 6.07 Å². The summed E-state index contributed by atoms with van der Waals surface area (Å²) < 4.78 is 26.3. The SMILES string of the molecule is Cc1nc(OCCCC2(O)CC2)ccc1-c1ccc(F)c(COc2ccc3c(c2)CC(C)C3)c1. The van der Waals surface area contributed by atoms with Crippen molar-refractivity contribution in [2.45, 2.75) is 64.6 Å². The Labute approximate surface area is 200 Å². The fraction of sp³-hybridized carbons (Fsp3) is 0.414. The summed E-state index contributed by atoms with van der Waals surface area (Å²) in [5, 5.41) is 9.92. The summed E-state index contributed by atoms with van der Waals surface area (Å²) in [6.07, 6.45) is 5.57. The number of aryl methyl sites for hydroxylation is 1. The molecule has 1 unspecified atom stereocenters. The second kappa shape index (κ2) is 9.38. The van der Waals surface area contributed by atoms with Gasteiger partial charge in [-0.05, 0) is 98.4 Å². The van der Waals surface area contributed by atoms with Crippen LogP contribution in [0, 0.1) is 18.7 Å². The number of hydrogen-bond donors (Lipinski definition) is 1. The Bertz CT molecular complexity index is 1190. The van der Waals surface area contributed by atoms with Crippen LogP contribution in [-0.2, 0) is 19.4 Å². The van der Waals surface area contributed by atoms with Crippen molar-refractivity contribution in [1.29, 1.82) is 0 Å². The van der Waals surface area contributed by atoms with E-state index in [4.69, 9.17) is 9.47 Å². The van der Waals surface area contributed by atoms with Crippen molar-refractivity contribution in [2.75, 3.05) is 6.61 Å². The summed E-state index contributed by atoms with van der Waals surface area (Å²) in [5.41, 5.74) is 5.46. The highest BCUT2D eigenvalue weighted by Gasteiger charge is 2.39. The first kappa shape index (κ1) is 22.9. The van der Waals surface area contributed by atoms with E-state index in [1.165, 1.54) is 17.2 Å². The first-order chi connectivity index (χ1) is 16.4. The number of aromatic nitrogens is 1. The molecule has 0 amide bonds. The Morgan fingerprint density at radius 2 is 1.85 bits per heavy atom. The van der Waals surface area contributed by atoms with Gasteiger partial charge in [-0.1, -0.05) is 19.1 Å². The lowest BCUT2D eigenvalue weighted by Gasteiger charge is -2.13. The van der Waals surface area contributed by atoms with Crippen molar-refractivity contribution >= 4 is 0 Å². The zero-order chi connectivity index (χ0) is 23.7. The minimum Gasteiger partial charge on any atom is -0.489 e. The smallest absolute Gasteiger partial charge is 0.213 e. The van der Waals surface area contributed by atoms with Crippen LogP contribution in [0.25, 0.3) is 11.1 Å². The second-order valence-corrected chi connectivity index (χ2v) is 10.00. The van der Waals surface area contributed by atoms with E-state index in [1.807, 2.05) is 31.2 Å². The zero-order valence-corrected chi connectivity index (χ0v) is 19.9. The van der Waals surface area contributed by atoms with E-state index in [2.05, 4.69) is 24.0 Å². The third kappa shape index (κ3) is 5.25. The van der Waals surface area contributed by atoms with Crippen LogP contribution < -0.4 is 9.47 Å². The molecule has 0 aliphatic heterocycles. The summed E-state index contributed by atoms with van der Waals surface area (Å²) in [6, 6.07) is 15.1. The molecule has 1 atom stereocenters. The van der Waals surface area contributed by atoms with Crippen LogP contribution in [0.4, 0.5) is 4.39 Å². The predicted molar refractivity (Wildman–Crippen MR) is 131 cm³/mol. The summed E-state index contributed by atoms with van der Waals surface area (Å²) in [4.78, 5) is 4.57. The summed E-state index contributed by atoms with van der Waals surface area (Å²) in [7, 11) is 0.